The second kappa shape index (κ2) is 9.21. The molecule has 21 heavy (non-hydrogen) atoms. The van der Waals surface area contributed by atoms with E-state index in [1.165, 1.54) is 32.1 Å². The van der Waals surface area contributed by atoms with Gasteiger partial charge < -0.3 is 10.1 Å². The normalized spacial score (nSPS) is 16.7. The highest BCUT2D eigenvalue weighted by Gasteiger charge is 2.13. The first kappa shape index (κ1) is 16.5. The summed E-state index contributed by atoms with van der Waals surface area (Å²) in [6.07, 6.45) is 11.5. The van der Waals surface area contributed by atoms with Crippen LogP contribution in [0, 0.1) is 0 Å². The van der Waals surface area contributed by atoms with Gasteiger partial charge in [0.2, 0.25) is 0 Å². The van der Waals surface area contributed by atoms with Crippen molar-refractivity contribution in [3.8, 4) is 0 Å². The molecule has 0 amide bonds. The average Bonchev–Trinajstić information content (AvgIpc) is 2.98. The molecule has 0 atom stereocenters. The number of ether oxygens (including phenoxy) is 1. The quantitative estimate of drug-likeness (QED) is 0.706. The standard InChI is InChI=1S/C17H31N3O/c1-3-16(4-2)20-12-10-15(19-20)14-18-11-13-21-17-8-6-5-7-9-17/h10,12,16-18H,3-9,11,13-14H2,1-2H3. The maximum Gasteiger partial charge on any atom is 0.0762 e. The first-order valence-electron chi connectivity index (χ1n) is 8.69. The smallest absolute Gasteiger partial charge is 0.0762 e. The van der Waals surface area contributed by atoms with E-state index in [1.807, 2.05) is 0 Å². The highest BCUT2D eigenvalue weighted by molar-refractivity contribution is 4.99. The second-order valence-corrected chi connectivity index (χ2v) is 6.06. The summed E-state index contributed by atoms with van der Waals surface area (Å²) in [5, 5.41) is 8.08. The predicted molar refractivity (Wildman–Crippen MR) is 86.4 cm³/mol. The van der Waals surface area contributed by atoms with Crippen molar-refractivity contribution in [2.45, 2.75) is 77.5 Å². The molecule has 0 aliphatic heterocycles. The van der Waals surface area contributed by atoms with E-state index in [4.69, 9.17) is 4.74 Å². The zero-order chi connectivity index (χ0) is 14.9. The predicted octanol–water partition coefficient (Wildman–Crippen LogP) is 3.68. The first-order valence-corrected chi connectivity index (χ1v) is 8.69. The van der Waals surface area contributed by atoms with Crippen LogP contribution < -0.4 is 5.32 Å². The van der Waals surface area contributed by atoms with Gasteiger partial charge in [0.1, 0.15) is 0 Å². The Hall–Kier alpha value is -0.870. The van der Waals surface area contributed by atoms with E-state index in [9.17, 15) is 0 Å². The Balaban J connectivity index is 1.60. The molecule has 2 rings (SSSR count). The van der Waals surface area contributed by atoms with Gasteiger partial charge in [0, 0.05) is 19.3 Å². The first-order chi connectivity index (χ1) is 10.3. The number of nitrogens with zero attached hydrogens (tertiary/aromatic N) is 2. The molecule has 0 aromatic carbocycles. The van der Waals surface area contributed by atoms with Crippen molar-refractivity contribution < 1.29 is 4.74 Å². The zero-order valence-electron chi connectivity index (χ0n) is 13.7. The van der Waals surface area contributed by atoms with Crippen LogP contribution in [-0.2, 0) is 11.3 Å². The maximum atomic E-state index is 5.91. The number of nitrogens with one attached hydrogen (secondary N) is 1. The van der Waals surface area contributed by atoms with Gasteiger partial charge >= 0.3 is 0 Å². The molecule has 1 heterocycles. The highest BCUT2D eigenvalue weighted by Crippen LogP contribution is 2.19. The largest absolute Gasteiger partial charge is 0.377 e. The Morgan fingerprint density at radius 1 is 1.29 bits per heavy atom. The summed E-state index contributed by atoms with van der Waals surface area (Å²) < 4.78 is 8.02. The van der Waals surface area contributed by atoms with Crippen molar-refractivity contribution in [3.05, 3.63) is 18.0 Å². The van der Waals surface area contributed by atoms with Gasteiger partial charge in [-0.25, -0.2) is 0 Å². The van der Waals surface area contributed by atoms with Crippen molar-refractivity contribution in [1.82, 2.24) is 15.1 Å². The maximum absolute atomic E-state index is 5.91. The van der Waals surface area contributed by atoms with Crippen LogP contribution in [0.3, 0.4) is 0 Å². The monoisotopic (exact) mass is 293 g/mol. The Morgan fingerprint density at radius 2 is 2.05 bits per heavy atom. The summed E-state index contributed by atoms with van der Waals surface area (Å²) in [6.45, 7) is 7.00. The van der Waals surface area contributed by atoms with Gasteiger partial charge in [-0.15, -0.1) is 0 Å². The minimum atomic E-state index is 0.509. The van der Waals surface area contributed by atoms with Crippen molar-refractivity contribution in [1.29, 1.82) is 0 Å². The molecule has 0 unspecified atom stereocenters. The Bertz CT molecular complexity index is 381. The molecule has 0 radical (unpaired) electrons. The zero-order valence-corrected chi connectivity index (χ0v) is 13.7. The summed E-state index contributed by atoms with van der Waals surface area (Å²) >= 11 is 0. The highest BCUT2D eigenvalue weighted by atomic mass is 16.5. The Labute approximate surface area is 129 Å². The van der Waals surface area contributed by atoms with E-state index in [1.54, 1.807) is 0 Å². The lowest BCUT2D eigenvalue weighted by Crippen LogP contribution is -2.24. The molecule has 1 aromatic heterocycles. The van der Waals surface area contributed by atoms with Crippen LogP contribution in [0.5, 0.6) is 0 Å². The molecule has 1 aliphatic carbocycles. The van der Waals surface area contributed by atoms with Crippen LogP contribution in [0.4, 0.5) is 0 Å². The van der Waals surface area contributed by atoms with E-state index in [-0.39, 0.29) is 0 Å². The minimum absolute atomic E-state index is 0.509. The fourth-order valence-corrected chi connectivity index (χ4v) is 3.08. The molecule has 0 saturated heterocycles. The van der Waals surface area contributed by atoms with Gasteiger partial charge in [0.05, 0.1) is 24.4 Å². The van der Waals surface area contributed by atoms with Gasteiger partial charge in [0.15, 0.2) is 0 Å². The Kier molecular flexibility index (Phi) is 7.24. The van der Waals surface area contributed by atoms with Crippen LogP contribution in [0.1, 0.15) is 70.5 Å². The second-order valence-electron chi connectivity index (χ2n) is 6.06. The van der Waals surface area contributed by atoms with E-state index < -0.39 is 0 Å². The molecule has 1 fully saturated rings. The van der Waals surface area contributed by atoms with Gasteiger partial charge in [-0.2, -0.15) is 5.10 Å². The lowest BCUT2D eigenvalue weighted by Gasteiger charge is -2.21. The summed E-state index contributed by atoms with van der Waals surface area (Å²) in [5.41, 5.74) is 1.12. The van der Waals surface area contributed by atoms with Crippen molar-refractivity contribution >= 4 is 0 Å². The fraction of sp³-hybridized carbons (Fsp3) is 0.824. The third-order valence-corrected chi connectivity index (χ3v) is 4.47. The molecule has 1 N–H and O–H groups in total. The topological polar surface area (TPSA) is 39.1 Å². The molecule has 4 nitrogen and oxygen atoms in total. The van der Waals surface area contributed by atoms with Crippen LogP contribution in [-0.4, -0.2) is 29.0 Å². The summed E-state index contributed by atoms with van der Waals surface area (Å²) in [6, 6.07) is 2.65. The number of hydrogen-bond acceptors (Lipinski definition) is 3. The third kappa shape index (κ3) is 5.44. The molecule has 1 aliphatic rings. The van der Waals surface area contributed by atoms with E-state index >= 15 is 0 Å². The number of rotatable bonds is 9. The number of hydrogen-bond donors (Lipinski definition) is 1. The summed E-state index contributed by atoms with van der Waals surface area (Å²) in [4.78, 5) is 0. The fourth-order valence-electron chi connectivity index (χ4n) is 3.08. The minimum Gasteiger partial charge on any atom is -0.377 e. The summed E-state index contributed by atoms with van der Waals surface area (Å²) in [7, 11) is 0. The van der Waals surface area contributed by atoms with Crippen LogP contribution >= 0.6 is 0 Å². The summed E-state index contributed by atoms with van der Waals surface area (Å²) in [5.74, 6) is 0. The molecule has 1 aromatic rings. The lowest BCUT2D eigenvalue weighted by molar-refractivity contribution is 0.0302. The van der Waals surface area contributed by atoms with E-state index in [2.05, 4.69) is 41.2 Å². The van der Waals surface area contributed by atoms with Crippen molar-refractivity contribution in [2.24, 2.45) is 0 Å². The number of aromatic nitrogens is 2. The van der Waals surface area contributed by atoms with Gasteiger partial charge in [-0.3, -0.25) is 4.68 Å². The van der Waals surface area contributed by atoms with Crippen molar-refractivity contribution in [2.75, 3.05) is 13.2 Å². The van der Waals surface area contributed by atoms with E-state index in [0.29, 0.717) is 12.1 Å². The van der Waals surface area contributed by atoms with Gasteiger partial charge in [-0.1, -0.05) is 33.1 Å². The molecule has 1 saturated carbocycles. The molecular weight excluding hydrogens is 262 g/mol. The molecular formula is C17H31N3O. The van der Waals surface area contributed by atoms with E-state index in [0.717, 1.165) is 38.2 Å². The Morgan fingerprint density at radius 3 is 2.76 bits per heavy atom. The van der Waals surface area contributed by atoms with Crippen molar-refractivity contribution in [3.63, 3.8) is 0 Å². The molecule has 4 heteroatoms. The third-order valence-electron chi connectivity index (χ3n) is 4.47. The lowest BCUT2D eigenvalue weighted by atomic mass is 9.98. The van der Waals surface area contributed by atoms with Crippen LogP contribution in [0.15, 0.2) is 12.3 Å². The average molecular weight is 293 g/mol. The van der Waals surface area contributed by atoms with Gasteiger partial charge in [-0.05, 0) is 31.7 Å². The molecule has 0 spiro atoms. The van der Waals surface area contributed by atoms with Crippen LogP contribution in [0.25, 0.3) is 0 Å². The SMILES string of the molecule is CCC(CC)n1ccc(CNCCOC2CCCCC2)n1. The molecule has 0 bridgehead atoms. The molecule has 120 valence electrons. The van der Waals surface area contributed by atoms with Gasteiger partial charge in [0.25, 0.3) is 0 Å². The van der Waals surface area contributed by atoms with Crippen LogP contribution in [0.2, 0.25) is 0 Å².